The van der Waals surface area contributed by atoms with Crippen LogP contribution in [0.15, 0.2) is 71.6 Å². The van der Waals surface area contributed by atoms with Gasteiger partial charge in [0.15, 0.2) is 6.61 Å². The maximum absolute atomic E-state index is 12.9. The van der Waals surface area contributed by atoms with E-state index in [-0.39, 0.29) is 17.4 Å². The number of hydrogen-bond donors (Lipinski definition) is 1. The molecule has 2 aliphatic heterocycles. The van der Waals surface area contributed by atoms with E-state index in [0.717, 1.165) is 24.8 Å². The standard InChI is InChI=1S/C27H26ClN3O5S/c28-21-8-4-19(5-9-21)17-31-24-16-22(10-13-25(24)36-18-26(31)32)29-27(33)20-6-11-23(12-7-20)37(34,35)30-14-2-1-3-15-30/h4-13,16H,1-3,14-15,17-18H2,(H,29,33). The van der Waals surface area contributed by atoms with Crippen LogP contribution in [0.25, 0.3) is 0 Å². The number of ether oxygens (including phenoxy) is 1. The van der Waals surface area contributed by atoms with Gasteiger partial charge in [0.2, 0.25) is 10.0 Å². The number of sulfonamides is 1. The van der Waals surface area contributed by atoms with Gasteiger partial charge in [-0.05, 0) is 73.0 Å². The Kier molecular flexibility index (Phi) is 7.19. The van der Waals surface area contributed by atoms with E-state index >= 15 is 0 Å². The lowest BCUT2D eigenvalue weighted by Gasteiger charge is -2.30. The Morgan fingerprint density at radius 2 is 1.65 bits per heavy atom. The summed E-state index contributed by atoms with van der Waals surface area (Å²) in [7, 11) is -3.57. The number of nitrogens with one attached hydrogen (secondary N) is 1. The average molecular weight is 540 g/mol. The van der Waals surface area contributed by atoms with Crippen molar-refractivity contribution in [2.24, 2.45) is 0 Å². The van der Waals surface area contributed by atoms with E-state index in [1.165, 1.54) is 28.6 Å². The molecule has 2 aliphatic rings. The monoisotopic (exact) mass is 539 g/mol. The zero-order chi connectivity index (χ0) is 26.0. The molecule has 8 nitrogen and oxygen atoms in total. The molecule has 1 fully saturated rings. The highest BCUT2D eigenvalue weighted by Gasteiger charge is 2.27. The van der Waals surface area contributed by atoms with E-state index in [9.17, 15) is 18.0 Å². The van der Waals surface area contributed by atoms with Gasteiger partial charge in [-0.15, -0.1) is 0 Å². The smallest absolute Gasteiger partial charge is 0.265 e. The lowest BCUT2D eigenvalue weighted by Crippen LogP contribution is -2.38. The quantitative estimate of drug-likeness (QED) is 0.490. The molecule has 0 bridgehead atoms. The number of anilines is 2. The number of fused-ring (bicyclic) bond motifs is 1. The Hall–Kier alpha value is -3.40. The van der Waals surface area contributed by atoms with Crippen molar-refractivity contribution in [3.05, 3.63) is 82.9 Å². The van der Waals surface area contributed by atoms with Gasteiger partial charge in [-0.3, -0.25) is 9.59 Å². The number of nitrogens with zero attached hydrogens (tertiary/aromatic N) is 2. The summed E-state index contributed by atoms with van der Waals surface area (Å²) in [4.78, 5) is 27.3. The minimum atomic E-state index is -3.57. The molecule has 5 rings (SSSR count). The van der Waals surface area contributed by atoms with Crippen molar-refractivity contribution in [3.8, 4) is 5.75 Å². The zero-order valence-corrected chi connectivity index (χ0v) is 21.6. The summed E-state index contributed by atoms with van der Waals surface area (Å²) in [6.45, 7) is 1.30. The summed E-state index contributed by atoms with van der Waals surface area (Å²) in [5.41, 5.74) is 2.25. The van der Waals surface area contributed by atoms with Crippen molar-refractivity contribution in [2.75, 3.05) is 29.9 Å². The second kappa shape index (κ2) is 10.5. The highest BCUT2D eigenvalue weighted by atomic mass is 35.5. The van der Waals surface area contributed by atoms with Crippen LogP contribution in [0.4, 0.5) is 11.4 Å². The summed E-state index contributed by atoms with van der Waals surface area (Å²) in [6.07, 6.45) is 2.75. The molecule has 0 spiro atoms. The molecule has 0 unspecified atom stereocenters. The first-order valence-electron chi connectivity index (χ1n) is 12.0. The molecule has 1 N–H and O–H groups in total. The number of halogens is 1. The van der Waals surface area contributed by atoms with Gasteiger partial charge in [-0.25, -0.2) is 8.42 Å². The van der Waals surface area contributed by atoms with Crippen molar-refractivity contribution in [3.63, 3.8) is 0 Å². The Morgan fingerprint density at radius 3 is 2.35 bits per heavy atom. The van der Waals surface area contributed by atoms with Crippen LogP contribution in [0, 0.1) is 0 Å². The van der Waals surface area contributed by atoms with Crippen LogP contribution in [-0.2, 0) is 21.4 Å². The molecule has 1 saturated heterocycles. The van der Waals surface area contributed by atoms with Crippen LogP contribution in [0.1, 0.15) is 35.2 Å². The molecule has 2 amide bonds. The van der Waals surface area contributed by atoms with Crippen LogP contribution in [0.2, 0.25) is 5.02 Å². The van der Waals surface area contributed by atoms with E-state index in [1.807, 2.05) is 12.1 Å². The SMILES string of the molecule is O=C(Nc1ccc2c(c1)N(Cc1ccc(Cl)cc1)C(=O)CO2)c1ccc(S(=O)(=O)N2CCCCC2)cc1. The second-order valence-electron chi connectivity index (χ2n) is 9.02. The largest absolute Gasteiger partial charge is 0.482 e. The Bertz CT molecular complexity index is 1420. The van der Waals surface area contributed by atoms with E-state index in [0.29, 0.717) is 47.3 Å². The van der Waals surface area contributed by atoms with Gasteiger partial charge in [0.25, 0.3) is 11.8 Å². The van der Waals surface area contributed by atoms with Crippen molar-refractivity contribution < 1.29 is 22.7 Å². The molecule has 2 heterocycles. The minimum absolute atomic E-state index is 0.0705. The molecular weight excluding hydrogens is 514 g/mol. The lowest BCUT2D eigenvalue weighted by molar-refractivity contribution is -0.121. The summed E-state index contributed by atoms with van der Waals surface area (Å²) in [5.74, 6) is -0.0514. The Balaban J connectivity index is 1.32. The maximum Gasteiger partial charge on any atom is 0.265 e. The number of carbonyl (C=O) groups excluding carboxylic acids is 2. The van der Waals surface area contributed by atoms with Crippen LogP contribution >= 0.6 is 11.6 Å². The fraction of sp³-hybridized carbons (Fsp3) is 0.259. The Morgan fingerprint density at radius 1 is 0.946 bits per heavy atom. The molecule has 37 heavy (non-hydrogen) atoms. The van der Waals surface area contributed by atoms with Gasteiger partial charge >= 0.3 is 0 Å². The summed E-state index contributed by atoms with van der Waals surface area (Å²) in [6, 6.07) is 18.3. The summed E-state index contributed by atoms with van der Waals surface area (Å²) < 4.78 is 32.8. The maximum atomic E-state index is 12.9. The highest BCUT2D eigenvalue weighted by molar-refractivity contribution is 7.89. The van der Waals surface area contributed by atoms with Gasteiger partial charge in [-0.1, -0.05) is 30.2 Å². The fourth-order valence-electron chi connectivity index (χ4n) is 4.46. The molecule has 0 atom stereocenters. The predicted molar refractivity (Wildman–Crippen MR) is 142 cm³/mol. The summed E-state index contributed by atoms with van der Waals surface area (Å²) >= 11 is 5.98. The third kappa shape index (κ3) is 5.49. The van der Waals surface area contributed by atoms with Gasteiger partial charge in [0, 0.05) is 29.4 Å². The van der Waals surface area contributed by atoms with E-state index in [4.69, 9.17) is 16.3 Å². The molecule has 0 radical (unpaired) electrons. The molecule has 192 valence electrons. The first kappa shape index (κ1) is 25.3. The van der Waals surface area contributed by atoms with E-state index in [1.54, 1.807) is 35.2 Å². The highest BCUT2D eigenvalue weighted by Crippen LogP contribution is 2.36. The van der Waals surface area contributed by atoms with Gasteiger partial charge in [0.1, 0.15) is 5.75 Å². The first-order valence-corrected chi connectivity index (χ1v) is 13.9. The van der Waals surface area contributed by atoms with Gasteiger partial charge in [0.05, 0.1) is 17.1 Å². The van der Waals surface area contributed by atoms with Crippen LogP contribution in [0.5, 0.6) is 5.75 Å². The topological polar surface area (TPSA) is 96.0 Å². The number of carbonyl (C=O) groups is 2. The third-order valence-electron chi connectivity index (χ3n) is 6.48. The van der Waals surface area contributed by atoms with Crippen LogP contribution < -0.4 is 15.0 Å². The molecule has 0 aromatic heterocycles. The fourth-order valence-corrected chi connectivity index (χ4v) is 6.10. The van der Waals surface area contributed by atoms with E-state index < -0.39 is 15.9 Å². The number of hydrogen-bond acceptors (Lipinski definition) is 5. The second-order valence-corrected chi connectivity index (χ2v) is 11.4. The van der Waals surface area contributed by atoms with Gasteiger partial charge in [-0.2, -0.15) is 4.31 Å². The van der Waals surface area contributed by atoms with Crippen molar-refractivity contribution in [1.82, 2.24) is 4.31 Å². The molecule has 10 heteroatoms. The van der Waals surface area contributed by atoms with Gasteiger partial charge < -0.3 is 15.0 Å². The number of rotatable bonds is 6. The molecule has 0 saturated carbocycles. The lowest BCUT2D eigenvalue weighted by atomic mass is 10.1. The number of piperidine rings is 1. The zero-order valence-electron chi connectivity index (χ0n) is 20.0. The molecular formula is C27H26ClN3O5S. The first-order chi connectivity index (χ1) is 17.8. The van der Waals surface area contributed by atoms with Crippen molar-refractivity contribution in [1.29, 1.82) is 0 Å². The van der Waals surface area contributed by atoms with Crippen LogP contribution in [0.3, 0.4) is 0 Å². The molecule has 0 aliphatic carbocycles. The summed E-state index contributed by atoms with van der Waals surface area (Å²) in [5, 5.41) is 3.44. The predicted octanol–water partition coefficient (Wildman–Crippen LogP) is 4.69. The molecule has 3 aromatic rings. The van der Waals surface area contributed by atoms with E-state index in [2.05, 4.69) is 5.32 Å². The van der Waals surface area contributed by atoms with Crippen molar-refractivity contribution >= 4 is 44.8 Å². The number of benzene rings is 3. The number of amides is 2. The average Bonchev–Trinajstić information content (AvgIpc) is 2.92. The Labute approximate surface area is 220 Å². The normalized spacial score (nSPS) is 16.1. The minimum Gasteiger partial charge on any atom is -0.482 e. The molecule has 3 aromatic carbocycles. The van der Waals surface area contributed by atoms with Crippen molar-refractivity contribution in [2.45, 2.75) is 30.7 Å². The van der Waals surface area contributed by atoms with Crippen LogP contribution in [-0.4, -0.2) is 44.2 Å². The third-order valence-corrected chi connectivity index (χ3v) is 8.65.